The fraction of sp³-hybridized carbons (Fsp3) is 0.500. The van der Waals surface area contributed by atoms with E-state index in [1.54, 1.807) is 6.07 Å². The van der Waals surface area contributed by atoms with Crippen LogP contribution in [0.25, 0.3) is 0 Å². The Kier molecular flexibility index (Phi) is 4.38. The van der Waals surface area contributed by atoms with Gasteiger partial charge in [-0.15, -0.1) is 0 Å². The zero-order valence-corrected chi connectivity index (χ0v) is 11.5. The molecule has 18 heavy (non-hydrogen) atoms. The largest absolute Gasteiger partial charge is 0.399 e. The first-order chi connectivity index (χ1) is 8.74. The molecule has 1 aliphatic rings. The third-order valence-corrected chi connectivity index (χ3v) is 4.68. The standard InChI is InChI=1S/C14H19N3S/c1-18-14-5-3-2-4-13(14)17-12-7-6-11(16)8-10(12)9-15/h6-8,13-14,17H,2-5,16H2,1H3. The van der Waals surface area contributed by atoms with Gasteiger partial charge in [0.25, 0.3) is 0 Å². The predicted octanol–water partition coefficient (Wildman–Crippen LogP) is 3.23. The molecule has 1 aliphatic carbocycles. The van der Waals surface area contributed by atoms with Crippen LogP contribution in [0.5, 0.6) is 0 Å². The molecule has 0 spiro atoms. The molecule has 1 aromatic carbocycles. The van der Waals surface area contributed by atoms with E-state index in [-0.39, 0.29) is 0 Å². The molecule has 4 heteroatoms. The second kappa shape index (κ2) is 6.01. The van der Waals surface area contributed by atoms with E-state index in [4.69, 9.17) is 11.0 Å². The van der Waals surface area contributed by atoms with E-state index in [9.17, 15) is 0 Å². The van der Waals surface area contributed by atoms with Gasteiger partial charge in [-0.2, -0.15) is 17.0 Å². The summed E-state index contributed by atoms with van der Waals surface area (Å²) < 4.78 is 0. The van der Waals surface area contributed by atoms with Crippen LogP contribution in [0.15, 0.2) is 18.2 Å². The molecule has 0 radical (unpaired) electrons. The lowest BCUT2D eigenvalue weighted by molar-refractivity contribution is 0.475. The summed E-state index contributed by atoms with van der Waals surface area (Å²) in [6, 6.07) is 8.17. The number of nitrogen functional groups attached to an aromatic ring is 1. The molecule has 1 fully saturated rings. The van der Waals surface area contributed by atoms with E-state index in [1.807, 2.05) is 23.9 Å². The van der Waals surface area contributed by atoms with E-state index in [0.717, 1.165) is 5.69 Å². The fourth-order valence-corrected chi connectivity index (χ4v) is 3.46. The van der Waals surface area contributed by atoms with Crippen LogP contribution in [0.3, 0.4) is 0 Å². The summed E-state index contributed by atoms with van der Waals surface area (Å²) in [5.74, 6) is 0. The zero-order chi connectivity index (χ0) is 13.0. The maximum absolute atomic E-state index is 9.14. The van der Waals surface area contributed by atoms with E-state index < -0.39 is 0 Å². The number of thioether (sulfide) groups is 1. The third-order valence-electron chi connectivity index (χ3n) is 3.51. The lowest BCUT2D eigenvalue weighted by Gasteiger charge is -2.32. The zero-order valence-electron chi connectivity index (χ0n) is 10.6. The normalized spacial score (nSPS) is 23.3. The molecule has 0 heterocycles. The van der Waals surface area contributed by atoms with Crippen LogP contribution < -0.4 is 11.1 Å². The molecular weight excluding hydrogens is 242 g/mol. The Morgan fingerprint density at radius 1 is 1.39 bits per heavy atom. The number of nitrogens with zero attached hydrogens (tertiary/aromatic N) is 1. The molecule has 0 amide bonds. The summed E-state index contributed by atoms with van der Waals surface area (Å²) in [6.45, 7) is 0. The molecule has 1 aromatic rings. The summed E-state index contributed by atoms with van der Waals surface area (Å²) in [5, 5.41) is 13.3. The maximum Gasteiger partial charge on any atom is 0.101 e. The van der Waals surface area contributed by atoms with Crippen molar-refractivity contribution in [2.24, 2.45) is 0 Å². The Hall–Kier alpha value is -1.34. The van der Waals surface area contributed by atoms with Crippen LogP contribution in [0.2, 0.25) is 0 Å². The minimum absolute atomic E-state index is 0.462. The first-order valence-corrected chi connectivity index (χ1v) is 7.62. The van der Waals surface area contributed by atoms with Gasteiger partial charge >= 0.3 is 0 Å². The van der Waals surface area contributed by atoms with Gasteiger partial charge in [0, 0.05) is 17.0 Å². The average Bonchev–Trinajstić information content (AvgIpc) is 2.41. The Labute approximate surface area is 113 Å². The quantitative estimate of drug-likeness (QED) is 0.820. The van der Waals surface area contributed by atoms with Crippen molar-refractivity contribution >= 4 is 23.1 Å². The SMILES string of the molecule is CSC1CCCCC1Nc1ccc(N)cc1C#N. The number of hydrogen-bond donors (Lipinski definition) is 2. The van der Waals surface area contributed by atoms with Gasteiger partial charge in [0.2, 0.25) is 0 Å². The smallest absolute Gasteiger partial charge is 0.101 e. The molecule has 96 valence electrons. The first-order valence-electron chi connectivity index (χ1n) is 6.33. The summed E-state index contributed by atoms with van der Waals surface area (Å²) >= 11 is 1.92. The van der Waals surface area contributed by atoms with Gasteiger partial charge in [-0.3, -0.25) is 0 Å². The highest BCUT2D eigenvalue weighted by molar-refractivity contribution is 7.99. The van der Waals surface area contributed by atoms with Crippen LogP contribution in [0, 0.1) is 11.3 Å². The second-order valence-electron chi connectivity index (χ2n) is 4.73. The molecule has 0 aromatic heterocycles. The van der Waals surface area contributed by atoms with Gasteiger partial charge in [-0.1, -0.05) is 12.8 Å². The van der Waals surface area contributed by atoms with Crippen molar-refractivity contribution < 1.29 is 0 Å². The van der Waals surface area contributed by atoms with Crippen LogP contribution in [0.4, 0.5) is 11.4 Å². The number of nitrogens with one attached hydrogen (secondary N) is 1. The summed E-state index contributed by atoms with van der Waals surface area (Å²) in [5.41, 5.74) is 7.90. The topological polar surface area (TPSA) is 61.8 Å². The van der Waals surface area contributed by atoms with Crippen molar-refractivity contribution in [3.05, 3.63) is 23.8 Å². The van der Waals surface area contributed by atoms with Crippen LogP contribution in [-0.4, -0.2) is 17.5 Å². The number of rotatable bonds is 3. The van der Waals surface area contributed by atoms with E-state index in [0.29, 0.717) is 22.5 Å². The molecule has 0 aliphatic heterocycles. The lowest BCUT2D eigenvalue weighted by Crippen LogP contribution is -2.34. The molecule has 2 unspecified atom stereocenters. The number of anilines is 2. The summed E-state index contributed by atoms with van der Waals surface area (Å²) in [6.07, 6.45) is 7.19. The molecule has 2 atom stereocenters. The number of benzene rings is 1. The fourth-order valence-electron chi connectivity index (χ4n) is 2.52. The van der Waals surface area contributed by atoms with Gasteiger partial charge in [0.1, 0.15) is 6.07 Å². The van der Waals surface area contributed by atoms with Crippen molar-refractivity contribution in [3.63, 3.8) is 0 Å². The first kappa shape index (κ1) is 13.1. The van der Waals surface area contributed by atoms with Crippen molar-refractivity contribution in [2.45, 2.75) is 37.0 Å². The molecule has 3 nitrogen and oxygen atoms in total. The molecule has 1 saturated carbocycles. The summed E-state index contributed by atoms with van der Waals surface area (Å²) in [7, 11) is 0. The number of nitriles is 1. The minimum Gasteiger partial charge on any atom is -0.399 e. The lowest BCUT2D eigenvalue weighted by atomic mass is 9.94. The van der Waals surface area contributed by atoms with Gasteiger partial charge in [0.15, 0.2) is 0 Å². The Balaban J connectivity index is 2.15. The highest BCUT2D eigenvalue weighted by Gasteiger charge is 2.24. The van der Waals surface area contributed by atoms with E-state index in [2.05, 4.69) is 17.6 Å². The van der Waals surface area contributed by atoms with Gasteiger partial charge < -0.3 is 11.1 Å². The maximum atomic E-state index is 9.14. The highest BCUT2D eigenvalue weighted by Crippen LogP contribution is 2.30. The third kappa shape index (κ3) is 2.91. The Bertz CT molecular complexity index is 453. The van der Waals surface area contributed by atoms with Gasteiger partial charge in [-0.25, -0.2) is 0 Å². The van der Waals surface area contributed by atoms with E-state index >= 15 is 0 Å². The monoisotopic (exact) mass is 261 g/mol. The van der Waals surface area contributed by atoms with Crippen LogP contribution in [0.1, 0.15) is 31.2 Å². The molecule has 0 bridgehead atoms. The van der Waals surface area contributed by atoms with Gasteiger partial charge in [0.05, 0.1) is 11.3 Å². The van der Waals surface area contributed by atoms with Crippen molar-refractivity contribution in [1.82, 2.24) is 0 Å². The molecular formula is C14H19N3S. The molecule has 2 rings (SSSR count). The summed E-state index contributed by atoms with van der Waals surface area (Å²) in [4.78, 5) is 0. The second-order valence-corrected chi connectivity index (χ2v) is 5.80. The van der Waals surface area contributed by atoms with Crippen LogP contribution in [-0.2, 0) is 0 Å². The number of hydrogen-bond acceptors (Lipinski definition) is 4. The van der Waals surface area contributed by atoms with Crippen molar-refractivity contribution in [1.29, 1.82) is 5.26 Å². The minimum atomic E-state index is 0.462. The van der Waals surface area contributed by atoms with E-state index in [1.165, 1.54) is 25.7 Å². The highest BCUT2D eigenvalue weighted by atomic mass is 32.2. The average molecular weight is 261 g/mol. The Morgan fingerprint density at radius 2 is 2.17 bits per heavy atom. The Morgan fingerprint density at radius 3 is 2.89 bits per heavy atom. The van der Waals surface area contributed by atoms with Crippen molar-refractivity contribution in [2.75, 3.05) is 17.3 Å². The molecule has 0 saturated heterocycles. The number of nitrogens with two attached hydrogens (primary N) is 1. The predicted molar refractivity (Wildman–Crippen MR) is 78.8 cm³/mol. The molecule has 3 N–H and O–H groups in total. The van der Waals surface area contributed by atoms with Crippen molar-refractivity contribution in [3.8, 4) is 6.07 Å². The van der Waals surface area contributed by atoms with Gasteiger partial charge in [-0.05, 0) is 37.3 Å². The van der Waals surface area contributed by atoms with Crippen LogP contribution >= 0.6 is 11.8 Å².